The number of rotatable bonds is 7. The van der Waals surface area contributed by atoms with Crippen molar-refractivity contribution in [2.24, 2.45) is 0 Å². The van der Waals surface area contributed by atoms with Gasteiger partial charge in [0, 0.05) is 87.4 Å². The van der Waals surface area contributed by atoms with Gasteiger partial charge >= 0.3 is 0 Å². The molecule has 95 heavy (non-hydrogen) atoms. The molecule has 8 heteroatoms. The van der Waals surface area contributed by atoms with Crippen LogP contribution in [0.3, 0.4) is 0 Å². The topological polar surface area (TPSA) is 57.7 Å². The SMILES string of the molecule is [C-]#[N+]c1c(-n2c3cc(-n4c5ccccc5c5ccccc54)ccc3c3ccc(-n4c5ccccc5c5ccccc54)cc32)ccc(-c2cc(C)cc(C#N)c2)c1-n1c2cc(-n3c4ccccc4c4ccccc43)ccc2c2ccc(-n3c4ccccc4c4ccccc43)cc21. The number of hydrogen-bond acceptors (Lipinski definition) is 1. The minimum Gasteiger partial charge on any atom is -0.319 e. The number of nitriles is 1. The van der Waals surface area contributed by atoms with Crippen molar-refractivity contribution in [3.05, 3.63) is 320 Å². The molecule has 14 aromatic carbocycles. The number of hydrogen-bond donors (Lipinski definition) is 0. The number of aryl methyl sites for hydroxylation is 1. The monoisotopic (exact) mass is 1210 g/mol. The Kier molecular flexibility index (Phi) is 11.0. The molecule has 0 amide bonds. The van der Waals surface area contributed by atoms with Crippen molar-refractivity contribution in [2.45, 2.75) is 6.92 Å². The van der Waals surface area contributed by atoms with Crippen molar-refractivity contribution >= 4 is 137 Å². The van der Waals surface area contributed by atoms with Crippen molar-refractivity contribution in [3.63, 3.8) is 0 Å². The first-order valence-electron chi connectivity index (χ1n) is 32.2. The van der Waals surface area contributed by atoms with Crippen LogP contribution in [0.4, 0.5) is 5.69 Å². The van der Waals surface area contributed by atoms with Gasteiger partial charge in [0.2, 0.25) is 5.69 Å². The van der Waals surface area contributed by atoms with E-state index in [4.69, 9.17) is 4.85 Å². The highest BCUT2D eigenvalue weighted by Crippen LogP contribution is 2.49. The van der Waals surface area contributed by atoms with E-state index in [1.807, 2.05) is 19.1 Å². The smallest absolute Gasteiger partial charge is 0.234 e. The van der Waals surface area contributed by atoms with Crippen molar-refractivity contribution < 1.29 is 0 Å². The first kappa shape index (κ1) is 52.6. The molecule has 0 aliphatic heterocycles. The highest BCUT2D eigenvalue weighted by atomic mass is 15.1. The number of benzene rings is 14. The fourth-order valence-electron chi connectivity index (χ4n) is 16.2. The molecule has 0 aliphatic carbocycles. The van der Waals surface area contributed by atoms with Crippen LogP contribution in [-0.4, -0.2) is 27.4 Å². The second-order valence-electron chi connectivity index (χ2n) is 25.1. The maximum atomic E-state index is 10.8. The van der Waals surface area contributed by atoms with Gasteiger partial charge in [0.15, 0.2) is 0 Å². The summed E-state index contributed by atoms with van der Waals surface area (Å²) in [7, 11) is 0. The van der Waals surface area contributed by atoms with Crippen LogP contribution in [0.15, 0.2) is 297 Å². The van der Waals surface area contributed by atoms with Crippen molar-refractivity contribution in [1.82, 2.24) is 27.4 Å². The van der Waals surface area contributed by atoms with Crippen molar-refractivity contribution in [1.29, 1.82) is 5.26 Å². The van der Waals surface area contributed by atoms with Crippen LogP contribution >= 0.6 is 0 Å². The minimum absolute atomic E-state index is 0.453. The summed E-state index contributed by atoms with van der Waals surface area (Å²) in [4.78, 5) is 4.90. The number of para-hydroxylation sites is 8. The third-order valence-electron chi connectivity index (χ3n) is 20.0. The Balaban J connectivity index is 0.947. The molecule has 0 radical (unpaired) electrons. The molecule has 20 aromatic rings. The van der Waals surface area contributed by atoms with Crippen LogP contribution in [0.25, 0.3) is 181 Å². The van der Waals surface area contributed by atoms with Gasteiger partial charge in [-0.05, 0) is 139 Å². The van der Waals surface area contributed by atoms with Crippen LogP contribution in [-0.2, 0) is 0 Å². The maximum absolute atomic E-state index is 10.8. The van der Waals surface area contributed by atoms with Gasteiger partial charge < -0.3 is 27.4 Å². The molecule has 20 rings (SSSR count). The van der Waals surface area contributed by atoms with Gasteiger partial charge in [-0.2, -0.15) is 5.26 Å². The molecule has 8 nitrogen and oxygen atoms in total. The lowest BCUT2D eigenvalue weighted by molar-refractivity contribution is 1.12. The Bertz CT molecular complexity index is 6280. The van der Waals surface area contributed by atoms with E-state index in [0.29, 0.717) is 16.9 Å². The third kappa shape index (κ3) is 7.45. The van der Waals surface area contributed by atoms with Gasteiger partial charge in [-0.1, -0.05) is 182 Å². The Hall–Kier alpha value is -13.1. The molecule has 440 valence electrons. The van der Waals surface area contributed by atoms with Gasteiger partial charge in [-0.25, -0.2) is 4.85 Å². The fourth-order valence-corrected chi connectivity index (χ4v) is 16.2. The molecule has 6 heterocycles. The van der Waals surface area contributed by atoms with Gasteiger partial charge in [0.25, 0.3) is 0 Å². The predicted octanol–water partition coefficient (Wildman–Crippen LogP) is 22.7. The van der Waals surface area contributed by atoms with Gasteiger partial charge in [0.1, 0.15) is 0 Å². The van der Waals surface area contributed by atoms with E-state index in [1.165, 1.54) is 43.1 Å². The van der Waals surface area contributed by atoms with Crippen molar-refractivity contribution in [2.75, 3.05) is 0 Å². The quantitative estimate of drug-likeness (QED) is 0.147. The average Bonchev–Trinajstić information content (AvgIpc) is 1.59. The molecule has 0 aliphatic rings. The average molecular weight is 1210 g/mol. The summed E-state index contributed by atoms with van der Waals surface area (Å²) >= 11 is 0. The van der Waals surface area contributed by atoms with Crippen molar-refractivity contribution in [3.8, 4) is 51.3 Å². The van der Waals surface area contributed by atoms with Gasteiger partial charge in [-0.15, -0.1) is 0 Å². The molecule has 0 fully saturated rings. The molecule has 0 unspecified atom stereocenters. The van der Waals surface area contributed by atoms with Crippen LogP contribution < -0.4 is 0 Å². The van der Waals surface area contributed by atoms with E-state index < -0.39 is 0 Å². The number of aromatic nitrogens is 6. The molecule has 0 saturated heterocycles. The van der Waals surface area contributed by atoms with Crippen LogP contribution in [0.5, 0.6) is 0 Å². The van der Waals surface area contributed by atoms with Gasteiger partial charge in [0.05, 0.1) is 95.8 Å². The largest absolute Gasteiger partial charge is 0.319 e. The number of nitrogens with zero attached hydrogens (tertiary/aromatic N) is 8. The lowest BCUT2D eigenvalue weighted by Crippen LogP contribution is -2.04. The van der Waals surface area contributed by atoms with Crippen LogP contribution in [0.1, 0.15) is 11.1 Å². The first-order valence-corrected chi connectivity index (χ1v) is 32.2. The third-order valence-corrected chi connectivity index (χ3v) is 20.0. The summed E-state index contributed by atoms with van der Waals surface area (Å²) in [6.07, 6.45) is 0. The zero-order valence-corrected chi connectivity index (χ0v) is 51.4. The standard InChI is InChI=1S/C87H52N8/c1-53-45-54(52-88)47-55(46-53)60-43-44-81(94-82-48-56(90-73-27-11-3-19-61(73)62-20-4-12-28-74(62)90)35-39-69(82)70-40-36-57(49-83(70)94)91-75-29-13-5-21-63(75)64-22-6-14-30-76(64)91)86(89-2)87(60)95-84-50-58(92-77-31-15-7-23-65(77)66-24-8-16-32-78(66)92)37-41-71(84)72-42-38-59(51-85(72)95)93-79-33-17-9-25-67(79)68-26-10-18-34-80(68)93/h3-51H,1H3. The first-order chi connectivity index (χ1) is 47.0. The number of fused-ring (bicyclic) bond motifs is 18. The summed E-state index contributed by atoms with van der Waals surface area (Å²) < 4.78 is 14.3. The molecule has 0 atom stereocenters. The summed E-state index contributed by atoms with van der Waals surface area (Å²) in [5.41, 5.74) is 21.6. The minimum atomic E-state index is 0.453. The molecule has 0 spiro atoms. The highest BCUT2D eigenvalue weighted by Gasteiger charge is 2.28. The second kappa shape index (κ2) is 19.9. The Labute approximate surface area is 544 Å². The molecule has 0 saturated carbocycles. The zero-order chi connectivity index (χ0) is 62.7. The summed E-state index contributed by atoms with van der Waals surface area (Å²) in [6.45, 7) is 12.1. The normalized spacial score (nSPS) is 12.0. The Morgan fingerprint density at radius 1 is 0.284 bits per heavy atom. The zero-order valence-electron chi connectivity index (χ0n) is 51.4. The Morgan fingerprint density at radius 2 is 0.568 bits per heavy atom. The maximum Gasteiger partial charge on any atom is 0.234 e. The highest BCUT2D eigenvalue weighted by molar-refractivity contribution is 6.17. The lowest BCUT2D eigenvalue weighted by atomic mass is 9.97. The van der Waals surface area contributed by atoms with E-state index in [2.05, 4.69) is 319 Å². The fraction of sp³-hybridized carbons (Fsp3) is 0.0115. The van der Waals surface area contributed by atoms with Gasteiger partial charge in [-0.3, -0.25) is 0 Å². The van der Waals surface area contributed by atoms with E-state index >= 15 is 0 Å². The lowest BCUT2D eigenvalue weighted by Gasteiger charge is -2.21. The second-order valence-corrected chi connectivity index (χ2v) is 25.1. The van der Waals surface area contributed by atoms with Crippen LogP contribution in [0, 0.1) is 24.8 Å². The van der Waals surface area contributed by atoms with E-state index in [1.54, 1.807) is 0 Å². The van der Waals surface area contributed by atoms with Crippen LogP contribution in [0.2, 0.25) is 0 Å². The predicted molar refractivity (Wildman–Crippen MR) is 394 cm³/mol. The molecule has 0 N–H and O–H groups in total. The molecule has 0 bridgehead atoms. The van der Waals surface area contributed by atoms with E-state index in [-0.39, 0.29) is 0 Å². The summed E-state index contributed by atoms with van der Waals surface area (Å²) in [5, 5.41) is 24.4. The summed E-state index contributed by atoms with van der Waals surface area (Å²) in [5.74, 6) is 0. The molecule has 6 aromatic heterocycles. The molecular weight excluding hydrogens is 1160 g/mol. The molecular formula is C87H52N8. The van der Waals surface area contributed by atoms with E-state index in [0.717, 1.165) is 133 Å². The van der Waals surface area contributed by atoms with E-state index in [9.17, 15) is 11.8 Å². The Morgan fingerprint density at radius 3 is 0.863 bits per heavy atom. The summed E-state index contributed by atoms with van der Waals surface area (Å²) in [6, 6.07) is 110.